The highest BCUT2D eigenvalue weighted by atomic mass is 16.6. The van der Waals surface area contributed by atoms with E-state index in [0.717, 1.165) is 5.69 Å². The van der Waals surface area contributed by atoms with E-state index in [1.807, 2.05) is 25.1 Å². The van der Waals surface area contributed by atoms with Crippen LogP contribution in [0.15, 0.2) is 89.1 Å². The molecule has 0 radical (unpaired) electrons. The Hall–Kier alpha value is -4.46. The predicted molar refractivity (Wildman–Crippen MR) is 115 cm³/mol. The fourth-order valence-corrected chi connectivity index (χ4v) is 2.93. The molecule has 4 aromatic rings. The van der Waals surface area contributed by atoms with Crippen LogP contribution in [0.3, 0.4) is 0 Å². The molecule has 8 nitrogen and oxygen atoms in total. The molecule has 152 valence electrons. The third-order valence-electron chi connectivity index (χ3n) is 4.48. The normalized spacial score (nSPS) is 11.0. The van der Waals surface area contributed by atoms with Crippen LogP contribution in [0.1, 0.15) is 16.1 Å². The minimum Gasteiger partial charge on any atom is -0.421 e. The van der Waals surface area contributed by atoms with Crippen molar-refractivity contribution in [2.24, 2.45) is 10.2 Å². The number of benzene rings is 3. The molecular formula is C23H16N4O4. The highest BCUT2D eigenvalue weighted by molar-refractivity contribution is 5.97. The zero-order valence-corrected chi connectivity index (χ0v) is 16.4. The molecule has 8 heteroatoms. The molecule has 0 saturated heterocycles. The van der Waals surface area contributed by atoms with Gasteiger partial charge < -0.3 is 4.74 Å². The Morgan fingerprint density at radius 1 is 0.935 bits per heavy atom. The van der Waals surface area contributed by atoms with E-state index in [1.54, 1.807) is 36.4 Å². The molecule has 3 aromatic carbocycles. The molecule has 0 fully saturated rings. The van der Waals surface area contributed by atoms with Crippen LogP contribution in [0.25, 0.3) is 10.9 Å². The fraction of sp³-hybridized carbons (Fsp3) is 0.0435. The quantitative estimate of drug-likeness (QED) is 0.130. The average Bonchev–Trinajstić information content (AvgIpc) is 2.79. The molecule has 0 spiro atoms. The van der Waals surface area contributed by atoms with Gasteiger partial charge in [-0.2, -0.15) is 5.11 Å². The van der Waals surface area contributed by atoms with Crippen molar-refractivity contribution < 1.29 is 14.5 Å². The van der Waals surface area contributed by atoms with Gasteiger partial charge in [-0.05, 0) is 55.5 Å². The lowest BCUT2D eigenvalue weighted by Gasteiger charge is -2.09. The number of aromatic nitrogens is 1. The lowest BCUT2D eigenvalue weighted by atomic mass is 10.1. The van der Waals surface area contributed by atoms with Gasteiger partial charge in [0.25, 0.3) is 5.69 Å². The molecule has 0 N–H and O–H groups in total. The molecule has 1 heterocycles. The molecular weight excluding hydrogens is 396 g/mol. The smallest absolute Gasteiger partial charge is 0.343 e. The van der Waals surface area contributed by atoms with Gasteiger partial charge in [0.05, 0.1) is 21.9 Å². The minimum atomic E-state index is -0.481. The van der Waals surface area contributed by atoms with Gasteiger partial charge in [0.15, 0.2) is 5.75 Å². The van der Waals surface area contributed by atoms with Crippen molar-refractivity contribution >= 4 is 33.9 Å². The van der Waals surface area contributed by atoms with Crippen molar-refractivity contribution in [3.05, 3.63) is 100 Å². The first kappa shape index (κ1) is 19.8. The second-order valence-electron chi connectivity index (χ2n) is 6.66. The zero-order chi connectivity index (χ0) is 21.8. The van der Waals surface area contributed by atoms with Crippen molar-refractivity contribution in [3.63, 3.8) is 0 Å². The molecule has 1 aromatic heterocycles. The minimum absolute atomic E-state index is 0.0198. The van der Waals surface area contributed by atoms with Crippen LogP contribution in [0.5, 0.6) is 5.75 Å². The number of ether oxygens (including phenoxy) is 1. The van der Waals surface area contributed by atoms with E-state index in [4.69, 9.17) is 4.74 Å². The van der Waals surface area contributed by atoms with Gasteiger partial charge >= 0.3 is 5.97 Å². The molecule has 4 rings (SSSR count). The van der Waals surface area contributed by atoms with Crippen LogP contribution < -0.4 is 4.74 Å². The lowest BCUT2D eigenvalue weighted by Crippen LogP contribution is -2.08. The number of aryl methyl sites for hydroxylation is 1. The summed E-state index contributed by atoms with van der Waals surface area (Å²) in [5.74, 6) is -0.160. The summed E-state index contributed by atoms with van der Waals surface area (Å²) in [5.41, 5.74) is 2.66. The van der Waals surface area contributed by atoms with Crippen molar-refractivity contribution in [2.45, 2.75) is 6.92 Å². The number of rotatable bonds is 5. The molecule has 31 heavy (non-hydrogen) atoms. The Kier molecular flexibility index (Phi) is 5.44. The maximum atomic E-state index is 12.5. The SMILES string of the molecule is Cc1ccc2c(N=Nc3ccc([N+](=O)[O-])cc3)ccc(OC(=O)c3ccccc3)c2n1. The predicted octanol–water partition coefficient (Wildman–Crippen LogP) is 6.09. The summed E-state index contributed by atoms with van der Waals surface area (Å²) in [6.45, 7) is 1.84. The van der Waals surface area contributed by atoms with Crippen LogP contribution >= 0.6 is 0 Å². The molecule has 0 amide bonds. The maximum absolute atomic E-state index is 12.5. The summed E-state index contributed by atoms with van der Waals surface area (Å²) in [7, 11) is 0. The highest BCUT2D eigenvalue weighted by Gasteiger charge is 2.14. The van der Waals surface area contributed by atoms with Gasteiger partial charge in [-0.25, -0.2) is 9.78 Å². The maximum Gasteiger partial charge on any atom is 0.343 e. The number of fused-ring (bicyclic) bond motifs is 1. The van der Waals surface area contributed by atoms with E-state index >= 15 is 0 Å². The molecule has 0 unspecified atom stereocenters. The number of esters is 1. The number of azo groups is 1. The van der Waals surface area contributed by atoms with Crippen LogP contribution in [0.4, 0.5) is 17.1 Å². The number of pyridine rings is 1. The van der Waals surface area contributed by atoms with Gasteiger partial charge in [-0.1, -0.05) is 18.2 Å². The van der Waals surface area contributed by atoms with Crippen molar-refractivity contribution in [3.8, 4) is 5.75 Å². The number of carbonyl (C=O) groups is 1. The van der Waals surface area contributed by atoms with E-state index in [1.165, 1.54) is 24.3 Å². The number of hydrogen-bond donors (Lipinski definition) is 0. The van der Waals surface area contributed by atoms with Crippen LogP contribution in [-0.2, 0) is 0 Å². The Labute approximate surface area is 177 Å². The van der Waals surface area contributed by atoms with Gasteiger partial charge in [-0.3, -0.25) is 10.1 Å². The summed E-state index contributed by atoms with van der Waals surface area (Å²) in [4.78, 5) is 27.3. The molecule has 0 bridgehead atoms. The van der Waals surface area contributed by atoms with E-state index in [2.05, 4.69) is 15.2 Å². The number of hydrogen-bond acceptors (Lipinski definition) is 7. The molecule has 0 aliphatic rings. The van der Waals surface area contributed by atoms with E-state index in [-0.39, 0.29) is 5.69 Å². The summed E-state index contributed by atoms with van der Waals surface area (Å²) < 4.78 is 5.58. The van der Waals surface area contributed by atoms with Gasteiger partial charge in [0.2, 0.25) is 0 Å². The largest absolute Gasteiger partial charge is 0.421 e. The third-order valence-corrected chi connectivity index (χ3v) is 4.48. The lowest BCUT2D eigenvalue weighted by molar-refractivity contribution is -0.384. The number of non-ortho nitro benzene ring substituents is 1. The first-order valence-corrected chi connectivity index (χ1v) is 9.35. The summed E-state index contributed by atoms with van der Waals surface area (Å²) in [6, 6.07) is 21.4. The molecule has 0 atom stereocenters. The van der Waals surface area contributed by atoms with Crippen LogP contribution in [-0.4, -0.2) is 15.9 Å². The van der Waals surface area contributed by atoms with Crippen LogP contribution in [0, 0.1) is 17.0 Å². The monoisotopic (exact) mass is 412 g/mol. The van der Waals surface area contributed by atoms with Crippen LogP contribution in [0.2, 0.25) is 0 Å². The van der Waals surface area contributed by atoms with E-state index in [0.29, 0.717) is 33.6 Å². The Morgan fingerprint density at radius 3 is 2.39 bits per heavy atom. The summed E-state index contributed by atoms with van der Waals surface area (Å²) >= 11 is 0. The Bertz CT molecular complexity index is 1300. The van der Waals surface area contributed by atoms with Gasteiger partial charge in [0, 0.05) is 23.2 Å². The number of nitrogens with zero attached hydrogens (tertiary/aromatic N) is 4. The number of nitro benzene ring substituents is 1. The second kappa shape index (κ2) is 8.50. The fourth-order valence-electron chi connectivity index (χ4n) is 2.93. The molecule has 0 aliphatic heterocycles. The summed E-state index contributed by atoms with van der Waals surface area (Å²) in [5, 5.41) is 19.9. The van der Waals surface area contributed by atoms with E-state index < -0.39 is 10.9 Å². The van der Waals surface area contributed by atoms with Crippen molar-refractivity contribution in [1.29, 1.82) is 0 Å². The standard InChI is InChI=1S/C23H16N4O4/c1-15-7-12-19-20(26-25-17-8-10-18(11-9-17)27(29)30)13-14-21(22(19)24-15)31-23(28)16-5-3-2-4-6-16/h2-14H,1H3. The van der Waals surface area contributed by atoms with E-state index in [9.17, 15) is 14.9 Å². The van der Waals surface area contributed by atoms with Gasteiger partial charge in [0.1, 0.15) is 5.52 Å². The zero-order valence-electron chi connectivity index (χ0n) is 16.4. The Balaban J connectivity index is 1.67. The number of nitro groups is 1. The topological polar surface area (TPSA) is 107 Å². The van der Waals surface area contributed by atoms with Gasteiger partial charge in [-0.15, -0.1) is 5.11 Å². The Morgan fingerprint density at radius 2 is 1.68 bits per heavy atom. The summed E-state index contributed by atoms with van der Waals surface area (Å²) in [6.07, 6.45) is 0. The van der Waals surface area contributed by atoms with Crippen molar-refractivity contribution in [2.75, 3.05) is 0 Å². The first-order chi connectivity index (χ1) is 15.0. The molecule has 0 saturated carbocycles. The first-order valence-electron chi connectivity index (χ1n) is 9.35. The third kappa shape index (κ3) is 4.43. The number of carbonyl (C=O) groups excluding carboxylic acids is 1. The van der Waals surface area contributed by atoms with Crippen molar-refractivity contribution in [1.82, 2.24) is 4.98 Å². The molecule has 0 aliphatic carbocycles. The average molecular weight is 412 g/mol. The highest BCUT2D eigenvalue weighted by Crippen LogP contribution is 2.34. The second-order valence-corrected chi connectivity index (χ2v) is 6.66.